The van der Waals surface area contributed by atoms with E-state index in [1.165, 1.54) is 0 Å². The number of aromatic amines is 1. The Kier molecular flexibility index (Phi) is 2.35. The number of rotatable bonds is 2. The van der Waals surface area contributed by atoms with Crippen LogP contribution in [-0.4, -0.2) is 29.5 Å². The molecular formula is C8H13N3O2. The van der Waals surface area contributed by atoms with Crippen LogP contribution < -0.4 is 10.5 Å². The second-order valence-electron chi connectivity index (χ2n) is 3.09. The molecule has 0 spiro atoms. The number of nitrogens with two attached hydrogens (primary N) is 1. The molecule has 1 aromatic rings. The molecule has 72 valence electrons. The van der Waals surface area contributed by atoms with Crippen molar-refractivity contribution in [1.82, 2.24) is 10.2 Å². The Morgan fingerprint density at radius 1 is 1.54 bits per heavy atom. The van der Waals surface area contributed by atoms with Crippen molar-refractivity contribution < 1.29 is 9.47 Å². The molecule has 0 radical (unpaired) electrons. The quantitative estimate of drug-likeness (QED) is 0.702. The van der Waals surface area contributed by atoms with Gasteiger partial charge in [-0.2, -0.15) is 5.10 Å². The number of H-pyrrole nitrogens is 1. The van der Waals surface area contributed by atoms with Crippen LogP contribution in [0.3, 0.4) is 0 Å². The molecule has 1 aromatic heterocycles. The number of nitrogen functional groups attached to an aromatic ring is 1. The first-order chi connectivity index (χ1) is 6.34. The van der Waals surface area contributed by atoms with Crippen molar-refractivity contribution >= 4 is 5.82 Å². The minimum atomic E-state index is 0.230. The van der Waals surface area contributed by atoms with Crippen LogP contribution in [0.15, 0.2) is 6.07 Å². The molecule has 2 heterocycles. The van der Waals surface area contributed by atoms with Crippen molar-refractivity contribution in [1.29, 1.82) is 0 Å². The maximum Gasteiger partial charge on any atom is 0.211 e. The molecule has 5 nitrogen and oxygen atoms in total. The van der Waals surface area contributed by atoms with Gasteiger partial charge in [-0.1, -0.05) is 0 Å². The van der Waals surface area contributed by atoms with E-state index in [1.54, 1.807) is 6.07 Å². The summed E-state index contributed by atoms with van der Waals surface area (Å²) in [5, 5.41) is 6.49. The molecule has 0 saturated carbocycles. The van der Waals surface area contributed by atoms with Gasteiger partial charge in [0.2, 0.25) is 5.88 Å². The van der Waals surface area contributed by atoms with Crippen LogP contribution in [0.2, 0.25) is 0 Å². The summed E-state index contributed by atoms with van der Waals surface area (Å²) >= 11 is 0. The first kappa shape index (κ1) is 8.37. The molecule has 5 heteroatoms. The van der Waals surface area contributed by atoms with Crippen LogP contribution in [-0.2, 0) is 4.74 Å². The summed E-state index contributed by atoms with van der Waals surface area (Å²) in [7, 11) is 0. The average molecular weight is 183 g/mol. The van der Waals surface area contributed by atoms with Crippen molar-refractivity contribution in [2.24, 2.45) is 0 Å². The lowest BCUT2D eigenvalue weighted by atomic mass is 10.2. The van der Waals surface area contributed by atoms with Gasteiger partial charge in [0.25, 0.3) is 0 Å². The average Bonchev–Trinajstić information content (AvgIpc) is 2.53. The minimum absolute atomic E-state index is 0.230. The second-order valence-corrected chi connectivity index (χ2v) is 3.09. The third-order valence-corrected chi connectivity index (χ3v) is 2.04. The Morgan fingerprint density at radius 2 is 2.31 bits per heavy atom. The van der Waals surface area contributed by atoms with Crippen LogP contribution >= 0.6 is 0 Å². The van der Waals surface area contributed by atoms with Gasteiger partial charge in [0.1, 0.15) is 11.9 Å². The molecule has 0 bridgehead atoms. The lowest BCUT2D eigenvalue weighted by molar-refractivity contribution is 0.0237. The summed E-state index contributed by atoms with van der Waals surface area (Å²) in [6, 6.07) is 1.69. The van der Waals surface area contributed by atoms with E-state index in [-0.39, 0.29) is 6.10 Å². The number of anilines is 1. The monoisotopic (exact) mass is 183 g/mol. The highest BCUT2D eigenvalue weighted by molar-refractivity contribution is 5.31. The van der Waals surface area contributed by atoms with E-state index in [0.717, 1.165) is 26.1 Å². The van der Waals surface area contributed by atoms with Gasteiger partial charge in [-0.05, 0) is 0 Å². The number of hydrogen-bond donors (Lipinski definition) is 2. The molecule has 0 unspecified atom stereocenters. The van der Waals surface area contributed by atoms with Gasteiger partial charge in [-0.3, -0.25) is 0 Å². The molecule has 0 atom stereocenters. The smallest absolute Gasteiger partial charge is 0.211 e. The van der Waals surface area contributed by atoms with Gasteiger partial charge in [0.15, 0.2) is 0 Å². The Hall–Kier alpha value is -1.23. The highest BCUT2D eigenvalue weighted by Gasteiger charge is 2.15. The number of nitrogens with zero attached hydrogens (tertiary/aromatic N) is 1. The number of hydrogen-bond acceptors (Lipinski definition) is 4. The summed E-state index contributed by atoms with van der Waals surface area (Å²) in [6.45, 7) is 1.54. The van der Waals surface area contributed by atoms with Crippen LogP contribution in [0.1, 0.15) is 12.8 Å². The van der Waals surface area contributed by atoms with Crippen molar-refractivity contribution in [2.45, 2.75) is 18.9 Å². The predicted octanol–water partition coefficient (Wildman–Crippen LogP) is 0.550. The molecule has 1 aliphatic rings. The molecule has 2 rings (SSSR count). The molecule has 1 aliphatic heterocycles. The van der Waals surface area contributed by atoms with E-state index in [2.05, 4.69) is 10.2 Å². The zero-order chi connectivity index (χ0) is 9.10. The zero-order valence-electron chi connectivity index (χ0n) is 7.32. The molecule has 13 heavy (non-hydrogen) atoms. The molecule has 3 N–H and O–H groups in total. The summed E-state index contributed by atoms with van der Waals surface area (Å²) in [4.78, 5) is 0. The van der Waals surface area contributed by atoms with E-state index >= 15 is 0 Å². The lowest BCUT2D eigenvalue weighted by Crippen LogP contribution is -2.25. The molecule has 0 aliphatic carbocycles. The van der Waals surface area contributed by atoms with Crippen LogP contribution in [0.25, 0.3) is 0 Å². The van der Waals surface area contributed by atoms with Crippen LogP contribution in [0, 0.1) is 0 Å². The van der Waals surface area contributed by atoms with Gasteiger partial charge >= 0.3 is 0 Å². The Morgan fingerprint density at radius 3 is 2.92 bits per heavy atom. The minimum Gasteiger partial charge on any atom is -0.474 e. The number of aromatic nitrogens is 2. The SMILES string of the molecule is Nc1cc(OC2CCOCC2)[nH]n1. The third kappa shape index (κ3) is 2.12. The van der Waals surface area contributed by atoms with Crippen LogP contribution in [0.4, 0.5) is 5.82 Å². The van der Waals surface area contributed by atoms with Gasteiger partial charge in [-0.25, -0.2) is 5.10 Å². The summed E-state index contributed by atoms with van der Waals surface area (Å²) in [6.07, 6.45) is 2.09. The van der Waals surface area contributed by atoms with E-state index in [4.69, 9.17) is 15.2 Å². The second kappa shape index (κ2) is 3.66. The van der Waals surface area contributed by atoms with Crippen LogP contribution in [0.5, 0.6) is 5.88 Å². The molecule has 1 fully saturated rings. The lowest BCUT2D eigenvalue weighted by Gasteiger charge is -2.21. The first-order valence-electron chi connectivity index (χ1n) is 4.40. The largest absolute Gasteiger partial charge is 0.474 e. The molecule has 1 saturated heterocycles. The van der Waals surface area contributed by atoms with Gasteiger partial charge < -0.3 is 15.2 Å². The molecule has 0 aromatic carbocycles. The highest BCUT2D eigenvalue weighted by Crippen LogP contribution is 2.16. The zero-order valence-corrected chi connectivity index (χ0v) is 7.32. The number of ether oxygens (including phenoxy) is 2. The Labute approximate surface area is 76.2 Å². The third-order valence-electron chi connectivity index (χ3n) is 2.04. The first-order valence-corrected chi connectivity index (χ1v) is 4.40. The Bertz CT molecular complexity index is 268. The van der Waals surface area contributed by atoms with Crippen molar-refractivity contribution in [3.63, 3.8) is 0 Å². The molecule has 0 amide bonds. The van der Waals surface area contributed by atoms with Crippen molar-refractivity contribution in [2.75, 3.05) is 18.9 Å². The normalized spacial score (nSPS) is 18.8. The van der Waals surface area contributed by atoms with Crippen molar-refractivity contribution in [3.8, 4) is 5.88 Å². The maximum absolute atomic E-state index is 5.60. The number of nitrogens with one attached hydrogen (secondary N) is 1. The van der Waals surface area contributed by atoms with Gasteiger partial charge in [0.05, 0.1) is 13.2 Å². The van der Waals surface area contributed by atoms with Crippen molar-refractivity contribution in [3.05, 3.63) is 6.07 Å². The standard InChI is InChI=1S/C8H13N3O2/c9-7-5-8(11-10-7)13-6-1-3-12-4-2-6/h5-6H,1-4H2,(H3,9,10,11). The van der Waals surface area contributed by atoms with Gasteiger partial charge in [-0.15, -0.1) is 0 Å². The topological polar surface area (TPSA) is 73.2 Å². The van der Waals surface area contributed by atoms with E-state index < -0.39 is 0 Å². The maximum atomic E-state index is 5.60. The fourth-order valence-corrected chi connectivity index (χ4v) is 1.35. The highest BCUT2D eigenvalue weighted by atomic mass is 16.5. The Balaban J connectivity index is 1.89. The van der Waals surface area contributed by atoms with E-state index in [1.807, 2.05) is 0 Å². The van der Waals surface area contributed by atoms with E-state index in [0.29, 0.717) is 11.7 Å². The summed E-state index contributed by atoms with van der Waals surface area (Å²) < 4.78 is 10.8. The van der Waals surface area contributed by atoms with Gasteiger partial charge in [0, 0.05) is 18.9 Å². The fourth-order valence-electron chi connectivity index (χ4n) is 1.35. The summed E-state index contributed by atoms with van der Waals surface area (Å²) in [5.41, 5.74) is 5.44. The van der Waals surface area contributed by atoms with E-state index in [9.17, 15) is 0 Å². The summed E-state index contributed by atoms with van der Waals surface area (Å²) in [5.74, 6) is 1.10. The molecular weight excluding hydrogens is 170 g/mol. The fraction of sp³-hybridized carbons (Fsp3) is 0.625. The predicted molar refractivity (Wildman–Crippen MR) is 47.5 cm³/mol.